The highest BCUT2D eigenvalue weighted by Gasteiger charge is 2.32. The van der Waals surface area contributed by atoms with Gasteiger partial charge in [0, 0.05) is 12.1 Å². The van der Waals surface area contributed by atoms with Gasteiger partial charge in [-0.3, -0.25) is 0 Å². The van der Waals surface area contributed by atoms with E-state index in [1.54, 1.807) is 0 Å². The van der Waals surface area contributed by atoms with Gasteiger partial charge < -0.3 is 10.6 Å². The number of benzene rings is 1. The maximum atomic E-state index is 6.37. The van der Waals surface area contributed by atoms with Crippen LogP contribution in [0.25, 0.3) is 0 Å². The summed E-state index contributed by atoms with van der Waals surface area (Å²) in [5, 5.41) is 8.37. The molecule has 2 aliphatic rings. The zero-order chi connectivity index (χ0) is 14.7. The fourth-order valence-electron chi connectivity index (χ4n) is 4.01. The van der Waals surface area contributed by atoms with Crippen LogP contribution in [0.3, 0.4) is 0 Å². The van der Waals surface area contributed by atoms with Gasteiger partial charge in [0.15, 0.2) is 0 Å². The summed E-state index contributed by atoms with van der Waals surface area (Å²) in [6.07, 6.45) is 9.39. The molecule has 3 rings (SSSR count). The topological polar surface area (TPSA) is 24.1 Å². The van der Waals surface area contributed by atoms with E-state index in [9.17, 15) is 0 Å². The number of rotatable bonds is 3. The van der Waals surface area contributed by atoms with Gasteiger partial charge in [0.2, 0.25) is 0 Å². The first-order valence-electron chi connectivity index (χ1n) is 8.50. The van der Waals surface area contributed by atoms with Crippen LogP contribution in [-0.4, -0.2) is 18.6 Å². The first-order valence-corrected chi connectivity index (χ1v) is 8.88. The summed E-state index contributed by atoms with van der Waals surface area (Å²) in [4.78, 5) is 0. The van der Waals surface area contributed by atoms with Gasteiger partial charge in [-0.05, 0) is 62.8 Å². The first kappa shape index (κ1) is 15.2. The Morgan fingerprint density at radius 1 is 1.10 bits per heavy atom. The highest BCUT2D eigenvalue weighted by atomic mass is 35.5. The van der Waals surface area contributed by atoms with Crippen LogP contribution in [0.2, 0.25) is 5.02 Å². The fourth-order valence-corrected chi connectivity index (χ4v) is 4.19. The van der Waals surface area contributed by atoms with Crippen molar-refractivity contribution in [2.75, 3.05) is 11.9 Å². The molecule has 1 aromatic carbocycles. The second-order valence-corrected chi connectivity index (χ2v) is 7.15. The number of anilines is 1. The van der Waals surface area contributed by atoms with Gasteiger partial charge in [0.1, 0.15) is 0 Å². The molecule has 1 aliphatic heterocycles. The Labute approximate surface area is 133 Å². The SMILES string of the molecule is Cc1ccc(Cl)c(NC2CCCCC2C2CCCCN2)c1. The molecule has 3 heteroatoms. The largest absolute Gasteiger partial charge is 0.381 e. The smallest absolute Gasteiger partial charge is 0.0637 e. The Balaban J connectivity index is 1.73. The predicted molar refractivity (Wildman–Crippen MR) is 91.2 cm³/mol. The molecule has 0 spiro atoms. The normalized spacial score (nSPS) is 30.1. The second-order valence-electron chi connectivity index (χ2n) is 6.74. The van der Waals surface area contributed by atoms with Gasteiger partial charge in [-0.25, -0.2) is 0 Å². The van der Waals surface area contributed by atoms with E-state index in [0.717, 1.165) is 16.6 Å². The number of aryl methyl sites for hydroxylation is 1. The minimum Gasteiger partial charge on any atom is -0.381 e. The summed E-state index contributed by atoms with van der Waals surface area (Å²) in [5.74, 6) is 0.746. The van der Waals surface area contributed by atoms with Gasteiger partial charge in [-0.15, -0.1) is 0 Å². The van der Waals surface area contributed by atoms with Crippen molar-refractivity contribution in [2.24, 2.45) is 5.92 Å². The lowest BCUT2D eigenvalue weighted by atomic mass is 9.77. The molecule has 2 nitrogen and oxygen atoms in total. The summed E-state index contributed by atoms with van der Waals surface area (Å²) >= 11 is 6.37. The Bertz CT molecular complexity index is 468. The standard InChI is InChI=1S/C18H27ClN2/c1-13-9-10-15(19)18(12-13)21-17-8-3-2-6-14(17)16-7-4-5-11-20-16/h9-10,12,14,16-17,20-21H,2-8,11H2,1H3. The molecule has 1 aliphatic carbocycles. The van der Waals surface area contributed by atoms with Crippen molar-refractivity contribution in [1.29, 1.82) is 0 Å². The molecule has 0 radical (unpaired) electrons. The Kier molecular flexibility index (Phi) is 5.07. The second kappa shape index (κ2) is 7.02. The highest BCUT2D eigenvalue weighted by Crippen LogP contribution is 2.34. The Morgan fingerprint density at radius 3 is 2.71 bits per heavy atom. The van der Waals surface area contributed by atoms with Crippen molar-refractivity contribution < 1.29 is 0 Å². The average molecular weight is 307 g/mol. The first-order chi connectivity index (χ1) is 10.2. The van der Waals surface area contributed by atoms with Crippen molar-refractivity contribution in [3.05, 3.63) is 28.8 Å². The molecule has 3 atom stereocenters. The zero-order valence-corrected chi connectivity index (χ0v) is 13.8. The summed E-state index contributed by atoms with van der Waals surface area (Å²) in [6, 6.07) is 7.53. The number of nitrogens with one attached hydrogen (secondary N) is 2. The van der Waals surface area contributed by atoms with Crippen molar-refractivity contribution in [2.45, 2.75) is 64.0 Å². The molecule has 1 heterocycles. The maximum absolute atomic E-state index is 6.37. The van der Waals surface area contributed by atoms with E-state index in [-0.39, 0.29) is 0 Å². The lowest BCUT2D eigenvalue weighted by molar-refractivity contribution is 0.217. The van der Waals surface area contributed by atoms with Crippen LogP contribution in [0, 0.1) is 12.8 Å². The van der Waals surface area contributed by atoms with E-state index < -0.39 is 0 Å². The zero-order valence-electron chi connectivity index (χ0n) is 13.0. The third-order valence-corrected chi connectivity index (χ3v) is 5.48. The lowest BCUT2D eigenvalue weighted by Gasteiger charge is -2.40. The fraction of sp³-hybridized carbons (Fsp3) is 0.667. The molecule has 1 aromatic rings. The number of hydrogen-bond donors (Lipinski definition) is 2. The van der Waals surface area contributed by atoms with E-state index in [1.165, 1.54) is 57.1 Å². The third kappa shape index (κ3) is 3.73. The Morgan fingerprint density at radius 2 is 1.90 bits per heavy atom. The molecule has 0 bridgehead atoms. The van der Waals surface area contributed by atoms with Crippen molar-refractivity contribution in [3.63, 3.8) is 0 Å². The van der Waals surface area contributed by atoms with E-state index in [4.69, 9.17) is 11.6 Å². The Hall–Kier alpha value is -0.730. The molecule has 2 N–H and O–H groups in total. The monoisotopic (exact) mass is 306 g/mol. The molecule has 1 saturated heterocycles. The van der Waals surface area contributed by atoms with Crippen molar-refractivity contribution in [1.82, 2.24) is 5.32 Å². The van der Waals surface area contributed by atoms with Gasteiger partial charge in [0.25, 0.3) is 0 Å². The molecule has 21 heavy (non-hydrogen) atoms. The number of piperidine rings is 1. The van der Waals surface area contributed by atoms with Crippen LogP contribution in [-0.2, 0) is 0 Å². The number of halogens is 1. The summed E-state index contributed by atoms with van der Waals surface area (Å²) in [6.45, 7) is 3.32. The van der Waals surface area contributed by atoms with E-state index in [2.05, 4.69) is 29.7 Å². The quantitative estimate of drug-likeness (QED) is 0.841. The summed E-state index contributed by atoms with van der Waals surface area (Å²) in [5.41, 5.74) is 2.38. The minimum atomic E-state index is 0.564. The van der Waals surface area contributed by atoms with Crippen LogP contribution >= 0.6 is 11.6 Å². The molecule has 3 unspecified atom stereocenters. The molecule has 1 saturated carbocycles. The van der Waals surface area contributed by atoms with E-state index in [1.807, 2.05) is 6.07 Å². The maximum Gasteiger partial charge on any atom is 0.0637 e. The molecule has 2 fully saturated rings. The van der Waals surface area contributed by atoms with Crippen molar-refractivity contribution >= 4 is 17.3 Å². The molecular weight excluding hydrogens is 280 g/mol. The van der Waals surface area contributed by atoms with Gasteiger partial charge in [-0.1, -0.05) is 36.9 Å². The molecule has 116 valence electrons. The molecule has 0 amide bonds. The van der Waals surface area contributed by atoms with Gasteiger partial charge >= 0.3 is 0 Å². The van der Waals surface area contributed by atoms with Crippen LogP contribution in [0.5, 0.6) is 0 Å². The average Bonchev–Trinajstić information content (AvgIpc) is 2.52. The van der Waals surface area contributed by atoms with Crippen LogP contribution < -0.4 is 10.6 Å². The highest BCUT2D eigenvalue weighted by molar-refractivity contribution is 6.33. The van der Waals surface area contributed by atoms with E-state index in [0.29, 0.717) is 12.1 Å². The van der Waals surface area contributed by atoms with Crippen molar-refractivity contribution in [3.8, 4) is 0 Å². The van der Waals surface area contributed by atoms with Crippen LogP contribution in [0.1, 0.15) is 50.5 Å². The van der Waals surface area contributed by atoms with Crippen LogP contribution in [0.4, 0.5) is 5.69 Å². The predicted octanol–water partition coefficient (Wildman–Crippen LogP) is 4.76. The summed E-state index contributed by atoms with van der Waals surface area (Å²) < 4.78 is 0. The third-order valence-electron chi connectivity index (χ3n) is 5.15. The minimum absolute atomic E-state index is 0.564. The van der Waals surface area contributed by atoms with Crippen LogP contribution in [0.15, 0.2) is 18.2 Å². The number of hydrogen-bond acceptors (Lipinski definition) is 2. The summed E-state index contributed by atoms with van der Waals surface area (Å²) in [7, 11) is 0. The van der Waals surface area contributed by atoms with Gasteiger partial charge in [0.05, 0.1) is 10.7 Å². The molecular formula is C18H27ClN2. The van der Waals surface area contributed by atoms with Gasteiger partial charge in [-0.2, -0.15) is 0 Å². The molecule has 0 aromatic heterocycles. The van der Waals surface area contributed by atoms with E-state index >= 15 is 0 Å². The lowest BCUT2D eigenvalue weighted by Crippen LogP contribution is -2.48.